The second-order valence-corrected chi connectivity index (χ2v) is 6.34. The Balaban J connectivity index is 2.55. The highest BCUT2D eigenvalue weighted by molar-refractivity contribution is 9.10. The molecule has 1 aromatic carbocycles. The molecule has 0 atom stereocenters. The Kier molecular flexibility index (Phi) is 6.20. The van der Waals surface area contributed by atoms with Gasteiger partial charge in [-0.15, -0.1) is 0 Å². The summed E-state index contributed by atoms with van der Waals surface area (Å²) in [6, 6.07) is 5.47. The SMILES string of the molecule is COc1ccc(Br)cc1CC(=O)NCCC(C)(C)C(=O)O. The van der Waals surface area contributed by atoms with Crippen molar-refractivity contribution in [1.29, 1.82) is 0 Å². The van der Waals surface area contributed by atoms with E-state index >= 15 is 0 Å². The van der Waals surface area contributed by atoms with Crippen molar-refractivity contribution in [3.63, 3.8) is 0 Å². The van der Waals surface area contributed by atoms with Crippen molar-refractivity contribution in [2.24, 2.45) is 5.41 Å². The summed E-state index contributed by atoms with van der Waals surface area (Å²) in [6.07, 6.45) is 0.569. The molecule has 1 rings (SSSR count). The van der Waals surface area contributed by atoms with Crippen LogP contribution in [0.4, 0.5) is 0 Å². The zero-order valence-corrected chi connectivity index (χ0v) is 14.0. The Labute approximate surface area is 132 Å². The summed E-state index contributed by atoms with van der Waals surface area (Å²) in [5, 5.41) is 11.7. The van der Waals surface area contributed by atoms with Gasteiger partial charge in [0.15, 0.2) is 0 Å². The summed E-state index contributed by atoms with van der Waals surface area (Å²) in [5.41, 5.74) is -0.0670. The molecule has 0 aliphatic rings. The summed E-state index contributed by atoms with van der Waals surface area (Å²) < 4.78 is 6.09. The van der Waals surface area contributed by atoms with Crippen LogP contribution in [0.25, 0.3) is 0 Å². The number of methoxy groups -OCH3 is 1. The molecule has 0 fully saturated rings. The van der Waals surface area contributed by atoms with Crippen molar-refractivity contribution in [2.45, 2.75) is 26.7 Å². The molecule has 2 N–H and O–H groups in total. The molecule has 6 heteroatoms. The fourth-order valence-corrected chi connectivity index (χ4v) is 2.15. The number of rotatable bonds is 7. The minimum Gasteiger partial charge on any atom is -0.496 e. The number of ether oxygens (including phenoxy) is 1. The monoisotopic (exact) mass is 357 g/mol. The summed E-state index contributed by atoms with van der Waals surface area (Å²) in [5.74, 6) is -0.378. The van der Waals surface area contributed by atoms with Crippen molar-refractivity contribution in [2.75, 3.05) is 13.7 Å². The highest BCUT2D eigenvalue weighted by Crippen LogP contribution is 2.23. The van der Waals surface area contributed by atoms with Gasteiger partial charge >= 0.3 is 5.97 Å². The van der Waals surface area contributed by atoms with Gasteiger partial charge in [0.25, 0.3) is 0 Å². The Morgan fingerprint density at radius 3 is 2.62 bits per heavy atom. The van der Waals surface area contributed by atoms with E-state index in [2.05, 4.69) is 21.2 Å². The van der Waals surface area contributed by atoms with E-state index in [1.165, 1.54) is 0 Å². The maximum absolute atomic E-state index is 11.9. The summed E-state index contributed by atoms with van der Waals surface area (Å²) in [7, 11) is 1.56. The minimum absolute atomic E-state index is 0.160. The number of hydrogen-bond acceptors (Lipinski definition) is 3. The topological polar surface area (TPSA) is 75.6 Å². The molecule has 0 radical (unpaired) electrons. The lowest BCUT2D eigenvalue weighted by atomic mass is 9.90. The molecule has 0 aliphatic heterocycles. The molecule has 21 heavy (non-hydrogen) atoms. The molecule has 0 saturated heterocycles. The number of aliphatic carboxylic acids is 1. The van der Waals surface area contributed by atoms with Gasteiger partial charge in [-0.2, -0.15) is 0 Å². The second kappa shape index (κ2) is 7.45. The normalized spacial score (nSPS) is 11.0. The van der Waals surface area contributed by atoms with E-state index in [-0.39, 0.29) is 12.3 Å². The molecule has 0 aliphatic carbocycles. The molecule has 116 valence electrons. The number of carboxylic acid groups (broad SMARTS) is 1. The van der Waals surface area contributed by atoms with Crippen LogP contribution >= 0.6 is 15.9 Å². The van der Waals surface area contributed by atoms with Gasteiger partial charge in [-0.1, -0.05) is 15.9 Å². The van der Waals surface area contributed by atoms with E-state index in [9.17, 15) is 9.59 Å². The number of carboxylic acids is 1. The molecule has 5 nitrogen and oxygen atoms in total. The summed E-state index contributed by atoms with van der Waals surface area (Å²) >= 11 is 3.36. The van der Waals surface area contributed by atoms with Gasteiger partial charge in [0, 0.05) is 16.6 Å². The minimum atomic E-state index is -0.870. The summed E-state index contributed by atoms with van der Waals surface area (Å²) in [4.78, 5) is 22.9. The van der Waals surface area contributed by atoms with Gasteiger partial charge in [0.1, 0.15) is 5.75 Å². The highest BCUT2D eigenvalue weighted by Gasteiger charge is 2.26. The van der Waals surface area contributed by atoms with E-state index in [0.717, 1.165) is 10.0 Å². The molecule has 0 aromatic heterocycles. The molecule has 0 unspecified atom stereocenters. The number of benzene rings is 1. The molecule has 0 heterocycles. The Morgan fingerprint density at radius 1 is 1.38 bits per heavy atom. The lowest BCUT2D eigenvalue weighted by molar-refractivity contribution is -0.147. The van der Waals surface area contributed by atoms with Gasteiger partial charge in [0.2, 0.25) is 5.91 Å². The maximum Gasteiger partial charge on any atom is 0.309 e. The van der Waals surface area contributed by atoms with Gasteiger partial charge in [-0.3, -0.25) is 9.59 Å². The Hall–Kier alpha value is -1.56. The van der Waals surface area contributed by atoms with Crippen LogP contribution in [0.3, 0.4) is 0 Å². The molecule has 0 bridgehead atoms. The number of amides is 1. The third kappa shape index (κ3) is 5.38. The average molecular weight is 358 g/mol. The molecule has 1 amide bonds. The van der Waals surface area contributed by atoms with Crippen molar-refractivity contribution in [3.05, 3.63) is 28.2 Å². The van der Waals surface area contributed by atoms with Crippen LogP contribution in [0.1, 0.15) is 25.8 Å². The number of carbonyl (C=O) groups excluding carboxylic acids is 1. The largest absolute Gasteiger partial charge is 0.496 e. The zero-order valence-electron chi connectivity index (χ0n) is 12.4. The standard InChI is InChI=1S/C15H20BrNO4/c1-15(2,14(19)20)6-7-17-13(18)9-10-8-11(16)4-5-12(10)21-3/h4-5,8H,6-7,9H2,1-3H3,(H,17,18)(H,19,20). The Morgan fingerprint density at radius 2 is 2.05 bits per heavy atom. The number of halogens is 1. The van der Waals surface area contributed by atoms with Crippen LogP contribution < -0.4 is 10.1 Å². The van der Waals surface area contributed by atoms with Crippen molar-refractivity contribution in [3.8, 4) is 5.75 Å². The lowest BCUT2D eigenvalue weighted by Crippen LogP contribution is -2.32. The van der Waals surface area contributed by atoms with Gasteiger partial charge in [-0.05, 0) is 38.5 Å². The fraction of sp³-hybridized carbons (Fsp3) is 0.467. The first kappa shape index (κ1) is 17.5. The smallest absolute Gasteiger partial charge is 0.309 e. The second-order valence-electron chi connectivity index (χ2n) is 5.42. The van der Waals surface area contributed by atoms with E-state index < -0.39 is 11.4 Å². The first-order valence-corrected chi connectivity index (χ1v) is 7.38. The average Bonchev–Trinajstić information content (AvgIpc) is 2.38. The molecular formula is C15H20BrNO4. The molecule has 1 aromatic rings. The van der Waals surface area contributed by atoms with Crippen molar-refractivity contribution in [1.82, 2.24) is 5.32 Å². The van der Waals surface area contributed by atoms with Crippen LogP contribution in [-0.2, 0) is 16.0 Å². The summed E-state index contributed by atoms with van der Waals surface area (Å²) in [6.45, 7) is 3.60. The number of nitrogens with one attached hydrogen (secondary N) is 1. The fourth-order valence-electron chi connectivity index (χ4n) is 1.74. The molecule has 0 spiro atoms. The van der Waals surface area contributed by atoms with Gasteiger partial charge < -0.3 is 15.2 Å². The maximum atomic E-state index is 11.9. The highest BCUT2D eigenvalue weighted by atomic mass is 79.9. The first-order valence-electron chi connectivity index (χ1n) is 6.59. The zero-order chi connectivity index (χ0) is 16.0. The van der Waals surface area contributed by atoms with Crippen LogP contribution in [0, 0.1) is 5.41 Å². The first-order chi connectivity index (χ1) is 9.76. The third-order valence-electron chi connectivity index (χ3n) is 3.24. The lowest BCUT2D eigenvalue weighted by Gasteiger charge is -2.19. The number of hydrogen-bond donors (Lipinski definition) is 2. The predicted molar refractivity (Wildman–Crippen MR) is 83.4 cm³/mol. The van der Waals surface area contributed by atoms with Crippen LogP contribution in [0.2, 0.25) is 0 Å². The predicted octanol–water partition coefficient (Wildman–Crippen LogP) is 2.62. The van der Waals surface area contributed by atoms with Crippen LogP contribution in [0.15, 0.2) is 22.7 Å². The van der Waals surface area contributed by atoms with Crippen molar-refractivity contribution < 1.29 is 19.4 Å². The Bertz CT molecular complexity index is 528. The van der Waals surface area contributed by atoms with Crippen molar-refractivity contribution >= 4 is 27.8 Å². The third-order valence-corrected chi connectivity index (χ3v) is 3.74. The van der Waals surface area contributed by atoms with Gasteiger partial charge in [0.05, 0.1) is 18.9 Å². The van der Waals surface area contributed by atoms with E-state index in [1.807, 2.05) is 12.1 Å². The van der Waals surface area contributed by atoms with Crippen LogP contribution in [0.5, 0.6) is 5.75 Å². The quantitative estimate of drug-likeness (QED) is 0.786. The molecular weight excluding hydrogens is 338 g/mol. The molecule has 0 saturated carbocycles. The number of carbonyl (C=O) groups is 2. The van der Waals surface area contributed by atoms with E-state index in [0.29, 0.717) is 18.7 Å². The van der Waals surface area contributed by atoms with E-state index in [4.69, 9.17) is 9.84 Å². The van der Waals surface area contributed by atoms with E-state index in [1.54, 1.807) is 27.0 Å². The van der Waals surface area contributed by atoms with Crippen LogP contribution in [-0.4, -0.2) is 30.6 Å². The van der Waals surface area contributed by atoms with Gasteiger partial charge in [-0.25, -0.2) is 0 Å².